The molecule has 3 aromatic rings. The van der Waals surface area contributed by atoms with Gasteiger partial charge in [0.2, 0.25) is 5.91 Å². The Balaban J connectivity index is 1.16. The molecule has 6 nitrogen and oxygen atoms in total. The average molecular weight is 435 g/mol. The number of ketones is 1. The lowest BCUT2D eigenvalue weighted by atomic mass is 10.0. The summed E-state index contributed by atoms with van der Waals surface area (Å²) in [7, 11) is 0. The Morgan fingerprint density at radius 3 is 2.65 bits per heavy atom. The van der Waals surface area contributed by atoms with Gasteiger partial charge in [0.25, 0.3) is 0 Å². The zero-order chi connectivity index (χ0) is 21.4. The Morgan fingerprint density at radius 2 is 1.84 bits per heavy atom. The van der Waals surface area contributed by atoms with Crippen molar-refractivity contribution in [1.82, 2.24) is 9.27 Å². The summed E-state index contributed by atoms with van der Waals surface area (Å²) in [5.74, 6) is 1.33. The number of benzene rings is 2. The fourth-order valence-electron chi connectivity index (χ4n) is 4.59. The van der Waals surface area contributed by atoms with E-state index in [2.05, 4.69) is 38.4 Å². The summed E-state index contributed by atoms with van der Waals surface area (Å²) in [5.41, 5.74) is 2.82. The second-order valence-corrected chi connectivity index (χ2v) is 9.07. The number of Topliss-reactive ketones (excluding diaryl/α,β-unsaturated/α-hetero) is 1. The summed E-state index contributed by atoms with van der Waals surface area (Å²) < 4.78 is 5.90. The number of anilines is 2. The van der Waals surface area contributed by atoms with Crippen molar-refractivity contribution in [2.75, 3.05) is 49.1 Å². The van der Waals surface area contributed by atoms with Crippen molar-refractivity contribution in [3.05, 3.63) is 53.6 Å². The molecule has 0 atom stereocenters. The molecule has 0 aliphatic carbocycles. The second-order valence-electron chi connectivity index (χ2n) is 8.27. The van der Waals surface area contributed by atoms with Gasteiger partial charge in [-0.3, -0.25) is 14.5 Å². The zero-order valence-electron chi connectivity index (χ0n) is 17.7. The molecule has 0 spiro atoms. The predicted molar refractivity (Wildman–Crippen MR) is 125 cm³/mol. The summed E-state index contributed by atoms with van der Waals surface area (Å²) in [6, 6.07) is 14.2. The molecule has 0 radical (unpaired) electrons. The normalized spacial score (nSPS) is 16.7. The molecule has 0 saturated carbocycles. The van der Waals surface area contributed by atoms with Crippen LogP contribution >= 0.6 is 11.5 Å². The fraction of sp³-hybridized carbons (Fsp3) is 0.375. The van der Waals surface area contributed by atoms with Crippen LogP contribution in [0.4, 0.5) is 11.5 Å². The Bertz CT molecular complexity index is 1130. The van der Waals surface area contributed by atoms with Crippen LogP contribution in [0, 0.1) is 0 Å². The number of amides is 1. The van der Waals surface area contributed by atoms with Crippen molar-refractivity contribution >= 4 is 44.8 Å². The summed E-state index contributed by atoms with van der Waals surface area (Å²) >= 11 is 1.56. The first-order valence-electron chi connectivity index (χ1n) is 10.9. The molecule has 1 saturated heterocycles. The Morgan fingerprint density at radius 1 is 1.03 bits per heavy atom. The van der Waals surface area contributed by atoms with E-state index in [1.54, 1.807) is 23.4 Å². The molecule has 3 heterocycles. The van der Waals surface area contributed by atoms with Crippen molar-refractivity contribution < 1.29 is 9.59 Å². The predicted octanol–water partition coefficient (Wildman–Crippen LogP) is 3.60. The fourth-order valence-corrected chi connectivity index (χ4v) is 5.39. The maximum absolute atomic E-state index is 12.8. The number of aromatic nitrogens is 1. The van der Waals surface area contributed by atoms with Crippen molar-refractivity contribution in [3.8, 4) is 0 Å². The topological polar surface area (TPSA) is 56.8 Å². The molecule has 1 amide bonds. The van der Waals surface area contributed by atoms with Crippen molar-refractivity contribution in [2.24, 2.45) is 0 Å². The van der Waals surface area contributed by atoms with Crippen molar-refractivity contribution in [1.29, 1.82) is 0 Å². The monoisotopic (exact) mass is 434 g/mol. The first kappa shape index (κ1) is 20.2. The number of hydrogen-bond acceptors (Lipinski definition) is 6. The van der Waals surface area contributed by atoms with Gasteiger partial charge >= 0.3 is 0 Å². The third-order valence-corrected chi connectivity index (χ3v) is 7.18. The molecule has 0 bridgehead atoms. The van der Waals surface area contributed by atoms with Crippen LogP contribution in [0.1, 0.15) is 29.3 Å². The van der Waals surface area contributed by atoms with Gasteiger partial charge in [0.15, 0.2) is 5.78 Å². The van der Waals surface area contributed by atoms with Gasteiger partial charge in [0.1, 0.15) is 5.82 Å². The van der Waals surface area contributed by atoms with E-state index in [9.17, 15) is 9.59 Å². The largest absolute Gasteiger partial charge is 0.353 e. The lowest BCUT2D eigenvalue weighted by Gasteiger charge is -2.35. The highest BCUT2D eigenvalue weighted by Crippen LogP contribution is 2.30. The molecule has 0 N–H and O–H groups in total. The van der Waals surface area contributed by atoms with E-state index < -0.39 is 0 Å². The molecule has 2 aliphatic rings. The number of rotatable bonds is 5. The van der Waals surface area contributed by atoms with Crippen LogP contribution in [-0.4, -0.2) is 60.2 Å². The number of carbonyl (C=O) groups is 2. The molecule has 1 fully saturated rings. The highest BCUT2D eigenvalue weighted by Gasteiger charge is 2.24. The highest BCUT2D eigenvalue weighted by atomic mass is 32.1. The van der Waals surface area contributed by atoms with E-state index in [4.69, 9.17) is 0 Å². The van der Waals surface area contributed by atoms with Crippen molar-refractivity contribution in [2.45, 2.75) is 19.8 Å². The molecular weight excluding hydrogens is 408 g/mol. The minimum atomic E-state index is 0.0580. The number of piperazine rings is 1. The Kier molecular flexibility index (Phi) is 5.46. The number of fused-ring (bicyclic) bond motifs is 2. The van der Waals surface area contributed by atoms with Crippen molar-refractivity contribution in [3.63, 3.8) is 0 Å². The van der Waals surface area contributed by atoms with E-state index >= 15 is 0 Å². The van der Waals surface area contributed by atoms with Gasteiger partial charge in [-0.15, -0.1) is 0 Å². The van der Waals surface area contributed by atoms with E-state index in [1.165, 1.54) is 10.1 Å². The standard InChI is InChI=1S/C24H26N4O2S/c1-17(29)28-11-8-18-16-19(6-7-21(18)28)22(30)9-10-26-12-14-27(15-13-26)24-20-4-2-3-5-23(20)31-25-24/h2-7,16H,8-15H2,1H3. The third kappa shape index (κ3) is 3.95. The van der Waals surface area contributed by atoms with Crippen LogP contribution in [-0.2, 0) is 11.2 Å². The smallest absolute Gasteiger partial charge is 0.223 e. The molecule has 7 heteroatoms. The number of carbonyl (C=O) groups excluding carboxylic acids is 2. The number of nitrogens with zero attached hydrogens (tertiary/aromatic N) is 4. The van der Waals surface area contributed by atoms with E-state index in [0.717, 1.165) is 61.8 Å². The summed E-state index contributed by atoms with van der Waals surface area (Å²) in [4.78, 5) is 31.0. The zero-order valence-corrected chi connectivity index (χ0v) is 18.5. The van der Waals surface area contributed by atoms with E-state index in [0.29, 0.717) is 13.0 Å². The Hall–Kier alpha value is -2.77. The summed E-state index contributed by atoms with van der Waals surface area (Å²) in [6.45, 7) is 6.82. The molecule has 160 valence electrons. The van der Waals surface area contributed by atoms with Gasteiger partial charge in [-0.2, -0.15) is 4.37 Å². The molecule has 5 rings (SSSR count). The molecule has 2 aromatic carbocycles. The lowest BCUT2D eigenvalue weighted by molar-refractivity contribution is -0.116. The maximum atomic E-state index is 12.8. The summed E-state index contributed by atoms with van der Waals surface area (Å²) in [5, 5.41) is 1.23. The Labute approximate surface area is 186 Å². The van der Waals surface area contributed by atoms with E-state index in [-0.39, 0.29) is 11.7 Å². The van der Waals surface area contributed by atoms with Gasteiger partial charge < -0.3 is 9.80 Å². The lowest BCUT2D eigenvalue weighted by Crippen LogP contribution is -2.47. The van der Waals surface area contributed by atoms with Crippen LogP contribution in [0.3, 0.4) is 0 Å². The van der Waals surface area contributed by atoms with Gasteiger partial charge in [-0.25, -0.2) is 0 Å². The van der Waals surface area contributed by atoms with Crippen LogP contribution in [0.15, 0.2) is 42.5 Å². The molecule has 2 aliphatic heterocycles. The highest BCUT2D eigenvalue weighted by molar-refractivity contribution is 7.13. The first-order valence-corrected chi connectivity index (χ1v) is 11.6. The summed E-state index contributed by atoms with van der Waals surface area (Å²) in [6.07, 6.45) is 1.35. The number of hydrogen-bond donors (Lipinski definition) is 0. The van der Waals surface area contributed by atoms with Crippen LogP contribution in [0.5, 0.6) is 0 Å². The van der Waals surface area contributed by atoms with Gasteiger partial charge in [0.05, 0.1) is 4.70 Å². The van der Waals surface area contributed by atoms with Crippen LogP contribution < -0.4 is 9.80 Å². The van der Waals surface area contributed by atoms with Crippen LogP contribution in [0.2, 0.25) is 0 Å². The van der Waals surface area contributed by atoms with Gasteiger partial charge in [-0.05, 0) is 53.8 Å². The molecular formula is C24H26N4O2S. The van der Waals surface area contributed by atoms with Gasteiger partial charge in [-0.1, -0.05) is 12.1 Å². The maximum Gasteiger partial charge on any atom is 0.223 e. The SMILES string of the molecule is CC(=O)N1CCc2cc(C(=O)CCN3CCN(c4nsc5ccccc45)CC3)ccc21. The molecule has 1 aromatic heterocycles. The minimum absolute atomic E-state index is 0.0580. The second kappa shape index (κ2) is 8.40. The molecule has 0 unspecified atom stereocenters. The molecule has 31 heavy (non-hydrogen) atoms. The van der Waals surface area contributed by atoms with Crippen LogP contribution in [0.25, 0.3) is 10.1 Å². The third-order valence-electron chi connectivity index (χ3n) is 6.36. The average Bonchev–Trinajstić information content (AvgIpc) is 3.42. The minimum Gasteiger partial charge on any atom is -0.353 e. The van der Waals surface area contributed by atoms with Gasteiger partial charge in [0, 0.05) is 69.3 Å². The quantitative estimate of drug-likeness (QED) is 0.575. The van der Waals surface area contributed by atoms with E-state index in [1.807, 2.05) is 18.2 Å². The first-order chi connectivity index (χ1) is 15.1.